The van der Waals surface area contributed by atoms with E-state index in [9.17, 15) is 4.79 Å². The summed E-state index contributed by atoms with van der Waals surface area (Å²) in [4.78, 5) is 16.5. The predicted octanol–water partition coefficient (Wildman–Crippen LogP) is 4.22. The zero-order valence-corrected chi connectivity index (χ0v) is 15.4. The van der Waals surface area contributed by atoms with Crippen molar-refractivity contribution >= 4 is 51.6 Å². The van der Waals surface area contributed by atoms with Gasteiger partial charge in [0, 0.05) is 37.3 Å². The van der Waals surface area contributed by atoms with Crippen LogP contribution in [0.15, 0.2) is 42.5 Å². The van der Waals surface area contributed by atoms with Gasteiger partial charge in [0.1, 0.15) is 0 Å². The number of fused-ring (bicyclic) bond motifs is 1. The van der Waals surface area contributed by atoms with E-state index in [0.717, 1.165) is 29.7 Å². The first-order valence-corrected chi connectivity index (χ1v) is 9.06. The van der Waals surface area contributed by atoms with Crippen LogP contribution in [0.3, 0.4) is 0 Å². The lowest BCUT2D eigenvalue weighted by Crippen LogP contribution is -2.50. The van der Waals surface area contributed by atoms with Crippen LogP contribution < -0.4 is 10.2 Å². The molecule has 0 bridgehead atoms. The SMILES string of the molecule is O=C(Nc1n[nH]c2ccccc12)N1CCN(c2ccc(Cl)c(Cl)c2)CC1. The van der Waals surface area contributed by atoms with Gasteiger partial charge in [-0.05, 0) is 30.3 Å². The maximum atomic E-state index is 12.6. The van der Waals surface area contributed by atoms with E-state index in [4.69, 9.17) is 23.2 Å². The van der Waals surface area contributed by atoms with E-state index in [2.05, 4.69) is 20.4 Å². The topological polar surface area (TPSA) is 64.3 Å². The standard InChI is InChI=1S/C18H17Cl2N5O/c19-14-6-5-12(11-15(14)20)24-7-9-25(10-8-24)18(26)21-17-13-3-1-2-4-16(13)22-23-17/h1-6,11H,7-10H2,(H2,21,22,23,26). The summed E-state index contributed by atoms with van der Waals surface area (Å²) in [5.41, 5.74) is 1.91. The number of carbonyl (C=O) groups is 1. The molecule has 1 aliphatic rings. The van der Waals surface area contributed by atoms with Crippen molar-refractivity contribution in [2.24, 2.45) is 0 Å². The van der Waals surface area contributed by atoms with Crippen LogP contribution in [0.4, 0.5) is 16.3 Å². The average molecular weight is 390 g/mol. The summed E-state index contributed by atoms with van der Waals surface area (Å²) >= 11 is 12.1. The van der Waals surface area contributed by atoms with Crippen LogP contribution in [0.25, 0.3) is 10.9 Å². The number of benzene rings is 2. The van der Waals surface area contributed by atoms with Gasteiger partial charge in [-0.25, -0.2) is 4.79 Å². The van der Waals surface area contributed by atoms with E-state index in [-0.39, 0.29) is 6.03 Å². The Morgan fingerprint density at radius 2 is 1.81 bits per heavy atom. The van der Waals surface area contributed by atoms with Crippen molar-refractivity contribution in [1.29, 1.82) is 0 Å². The number of rotatable bonds is 2. The normalized spacial score (nSPS) is 14.7. The third-order valence-electron chi connectivity index (χ3n) is 4.53. The highest BCUT2D eigenvalue weighted by Crippen LogP contribution is 2.28. The first kappa shape index (κ1) is 17.0. The van der Waals surface area contributed by atoms with Crippen LogP contribution in [0.2, 0.25) is 10.0 Å². The van der Waals surface area contributed by atoms with E-state index in [1.54, 1.807) is 11.0 Å². The molecule has 134 valence electrons. The molecule has 1 fully saturated rings. The molecule has 1 saturated heterocycles. The zero-order valence-electron chi connectivity index (χ0n) is 13.9. The molecule has 0 spiro atoms. The zero-order chi connectivity index (χ0) is 18.1. The number of anilines is 2. The largest absolute Gasteiger partial charge is 0.368 e. The van der Waals surface area contributed by atoms with Crippen molar-refractivity contribution in [3.05, 3.63) is 52.5 Å². The first-order valence-electron chi connectivity index (χ1n) is 8.31. The van der Waals surface area contributed by atoms with Crippen molar-refractivity contribution in [3.63, 3.8) is 0 Å². The maximum absolute atomic E-state index is 12.6. The lowest BCUT2D eigenvalue weighted by atomic mass is 10.2. The number of hydrogen-bond donors (Lipinski definition) is 2. The Hall–Kier alpha value is -2.44. The summed E-state index contributed by atoms with van der Waals surface area (Å²) in [6, 6.07) is 13.1. The number of H-pyrrole nitrogens is 1. The molecule has 2 heterocycles. The predicted molar refractivity (Wildman–Crippen MR) is 105 cm³/mol. The number of amides is 2. The molecule has 26 heavy (non-hydrogen) atoms. The molecule has 0 atom stereocenters. The van der Waals surface area contributed by atoms with Gasteiger partial charge in [-0.2, -0.15) is 5.10 Å². The van der Waals surface area contributed by atoms with Gasteiger partial charge < -0.3 is 9.80 Å². The van der Waals surface area contributed by atoms with Crippen molar-refractivity contribution in [1.82, 2.24) is 15.1 Å². The Morgan fingerprint density at radius 3 is 2.58 bits per heavy atom. The first-order chi connectivity index (χ1) is 12.6. The Kier molecular flexibility index (Phi) is 4.61. The highest BCUT2D eigenvalue weighted by atomic mass is 35.5. The van der Waals surface area contributed by atoms with Crippen molar-refractivity contribution in [3.8, 4) is 0 Å². The summed E-state index contributed by atoms with van der Waals surface area (Å²) in [6.45, 7) is 2.70. The van der Waals surface area contributed by atoms with Gasteiger partial charge in [0.25, 0.3) is 0 Å². The smallest absolute Gasteiger partial charge is 0.323 e. The van der Waals surface area contributed by atoms with Crippen molar-refractivity contribution in [2.75, 3.05) is 36.4 Å². The Bertz CT molecular complexity index is 950. The number of nitrogens with zero attached hydrogens (tertiary/aromatic N) is 3. The number of urea groups is 1. The number of carbonyl (C=O) groups excluding carboxylic acids is 1. The fourth-order valence-electron chi connectivity index (χ4n) is 3.09. The molecule has 0 saturated carbocycles. The highest BCUT2D eigenvalue weighted by Gasteiger charge is 2.22. The van der Waals surface area contributed by atoms with E-state index < -0.39 is 0 Å². The van der Waals surface area contributed by atoms with Crippen LogP contribution in [0.1, 0.15) is 0 Å². The number of hydrogen-bond acceptors (Lipinski definition) is 3. The van der Waals surface area contributed by atoms with Gasteiger partial charge in [0.05, 0.1) is 15.6 Å². The van der Waals surface area contributed by atoms with Crippen LogP contribution in [0, 0.1) is 0 Å². The Labute approximate surface area is 160 Å². The quantitative estimate of drug-likeness (QED) is 0.689. The molecule has 2 N–H and O–H groups in total. The number of nitrogens with one attached hydrogen (secondary N) is 2. The molecule has 1 aromatic heterocycles. The lowest BCUT2D eigenvalue weighted by Gasteiger charge is -2.36. The van der Waals surface area contributed by atoms with E-state index in [1.165, 1.54) is 0 Å². The molecule has 0 aliphatic carbocycles. The lowest BCUT2D eigenvalue weighted by molar-refractivity contribution is 0.208. The number of para-hydroxylation sites is 1. The van der Waals surface area contributed by atoms with Crippen molar-refractivity contribution in [2.45, 2.75) is 0 Å². The number of halogens is 2. The molecule has 8 heteroatoms. The summed E-state index contributed by atoms with van der Waals surface area (Å²) in [5.74, 6) is 0.553. The van der Waals surface area contributed by atoms with Crippen LogP contribution in [0.5, 0.6) is 0 Å². The van der Waals surface area contributed by atoms with Gasteiger partial charge in [-0.3, -0.25) is 10.4 Å². The molecular formula is C18H17Cl2N5O. The number of aromatic amines is 1. The van der Waals surface area contributed by atoms with Crippen LogP contribution >= 0.6 is 23.2 Å². The second-order valence-electron chi connectivity index (χ2n) is 6.12. The molecular weight excluding hydrogens is 373 g/mol. The second kappa shape index (κ2) is 7.05. The van der Waals surface area contributed by atoms with E-state index in [1.807, 2.05) is 36.4 Å². The summed E-state index contributed by atoms with van der Waals surface area (Å²) in [6.07, 6.45) is 0. The second-order valence-corrected chi connectivity index (χ2v) is 6.93. The maximum Gasteiger partial charge on any atom is 0.323 e. The molecule has 4 rings (SSSR count). The molecule has 6 nitrogen and oxygen atoms in total. The van der Waals surface area contributed by atoms with Gasteiger partial charge in [0.15, 0.2) is 5.82 Å². The molecule has 2 amide bonds. The fourth-order valence-corrected chi connectivity index (χ4v) is 3.38. The third kappa shape index (κ3) is 3.30. The number of aromatic nitrogens is 2. The highest BCUT2D eigenvalue weighted by molar-refractivity contribution is 6.42. The fraction of sp³-hybridized carbons (Fsp3) is 0.222. The average Bonchev–Trinajstić information content (AvgIpc) is 3.07. The third-order valence-corrected chi connectivity index (χ3v) is 5.27. The van der Waals surface area contributed by atoms with Crippen LogP contribution in [-0.4, -0.2) is 47.3 Å². The molecule has 0 radical (unpaired) electrons. The minimum atomic E-state index is -0.143. The molecule has 1 aliphatic heterocycles. The summed E-state index contributed by atoms with van der Waals surface area (Å²) in [5, 5.41) is 12.0. The van der Waals surface area contributed by atoms with Gasteiger partial charge in [-0.15, -0.1) is 0 Å². The Balaban J connectivity index is 1.39. The van der Waals surface area contributed by atoms with E-state index in [0.29, 0.717) is 29.0 Å². The van der Waals surface area contributed by atoms with Crippen LogP contribution in [-0.2, 0) is 0 Å². The van der Waals surface area contributed by atoms with Crippen molar-refractivity contribution < 1.29 is 4.79 Å². The minimum Gasteiger partial charge on any atom is -0.368 e. The Morgan fingerprint density at radius 1 is 1.04 bits per heavy atom. The molecule has 3 aromatic rings. The summed E-state index contributed by atoms with van der Waals surface area (Å²) < 4.78 is 0. The van der Waals surface area contributed by atoms with E-state index >= 15 is 0 Å². The summed E-state index contributed by atoms with van der Waals surface area (Å²) in [7, 11) is 0. The molecule has 0 unspecified atom stereocenters. The van der Waals surface area contributed by atoms with Gasteiger partial charge >= 0.3 is 6.03 Å². The van der Waals surface area contributed by atoms with Gasteiger partial charge in [0.2, 0.25) is 0 Å². The molecule has 2 aromatic carbocycles. The number of piperazine rings is 1. The monoisotopic (exact) mass is 389 g/mol. The van der Waals surface area contributed by atoms with Gasteiger partial charge in [-0.1, -0.05) is 35.3 Å². The minimum absolute atomic E-state index is 0.143.